The second-order valence-corrected chi connectivity index (χ2v) is 22.2. The molecule has 2 aliphatic rings. The van der Waals surface area contributed by atoms with Gasteiger partial charge in [-0.25, -0.2) is 4.98 Å². The van der Waals surface area contributed by atoms with E-state index in [2.05, 4.69) is 200 Å². The van der Waals surface area contributed by atoms with Crippen LogP contribution in [0.25, 0.3) is 92.5 Å². The van der Waals surface area contributed by atoms with Crippen LogP contribution in [0.5, 0.6) is 0 Å². The molecule has 0 spiro atoms. The molecular weight excluding hydrogens is 822 g/mol. The van der Waals surface area contributed by atoms with Gasteiger partial charge in [-0.15, -0.1) is 11.3 Å². The quantitative estimate of drug-likeness (QED) is 0.179. The SMILES string of the molecule is CC(C)(C)c1ccc(Nc2cc3sc4cc(C(C)(C)C)ccc4c3cc2-c2ccc3c4cc5c(cc4n4c3c2[B]c2cc3nc(-c6ccccc6)oc3cc2-4)C(C)(C)c2ccccc2-5)cc1. The van der Waals surface area contributed by atoms with Crippen molar-refractivity contribution < 1.29 is 4.42 Å². The molecule has 0 saturated carbocycles. The number of benzene rings is 8. The number of fused-ring (bicyclic) bond motifs is 12. The topological polar surface area (TPSA) is 43.0 Å². The molecule has 319 valence electrons. The molecule has 66 heavy (non-hydrogen) atoms. The molecule has 4 heterocycles. The van der Waals surface area contributed by atoms with Gasteiger partial charge < -0.3 is 14.3 Å². The maximum absolute atomic E-state index is 6.58. The number of rotatable bonds is 4. The van der Waals surface area contributed by atoms with Gasteiger partial charge in [-0.2, -0.15) is 0 Å². The number of nitrogens with one attached hydrogen (secondary N) is 1. The van der Waals surface area contributed by atoms with Gasteiger partial charge in [-0.1, -0.05) is 140 Å². The molecule has 0 bridgehead atoms. The number of anilines is 2. The third-order valence-electron chi connectivity index (χ3n) is 14.6. The molecule has 0 atom stereocenters. The van der Waals surface area contributed by atoms with Crippen molar-refractivity contribution in [3.8, 4) is 39.4 Å². The van der Waals surface area contributed by atoms with Crippen LogP contribution in [-0.2, 0) is 16.2 Å². The number of thiophene rings is 1. The minimum Gasteiger partial charge on any atom is -0.436 e. The highest BCUT2D eigenvalue weighted by Crippen LogP contribution is 2.52. The molecule has 1 N–H and O–H groups in total. The lowest BCUT2D eigenvalue weighted by Crippen LogP contribution is -2.37. The summed E-state index contributed by atoms with van der Waals surface area (Å²) in [7, 11) is 2.41. The molecular formula is C60H49BN3OS. The van der Waals surface area contributed by atoms with Crippen LogP contribution in [-0.4, -0.2) is 16.8 Å². The second kappa shape index (κ2) is 13.6. The van der Waals surface area contributed by atoms with Crippen LogP contribution in [0.15, 0.2) is 150 Å². The minimum atomic E-state index is -0.147. The first-order valence-electron chi connectivity index (χ1n) is 23.2. The molecule has 0 fully saturated rings. The van der Waals surface area contributed by atoms with Gasteiger partial charge in [0.2, 0.25) is 5.89 Å². The summed E-state index contributed by atoms with van der Waals surface area (Å²) in [6.07, 6.45) is 0. The van der Waals surface area contributed by atoms with Gasteiger partial charge in [0.05, 0.1) is 5.52 Å². The van der Waals surface area contributed by atoms with Gasteiger partial charge in [0, 0.05) is 76.1 Å². The molecule has 8 aromatic carbocycles. The van der Waals surface area contributed by atoms with Crippen LogP contribution < -0.4 is 16.2 Å². The summed E-state index contributed by atoms with van der Waals surface area (Å²) in [4.78, 5) is 5.07. The summed E-state index contributed by atoms with van der Waals surface area (Å²) < 4.78 is 11.7. The molecule has 1 aliphatic carbocycles. The van der Waals surface area contributed by atoms with Crippen molar-refractivity contribution >= 4 is 94.0 Å². The molecule has 13 rings (SSSR count). The maximum atomic E-state index is 6.58. The van der Waals surface area contributed by atoms with Crippen LogP contribution in [0.1, 0.15) is 77.6 Å². The number of aromatic nitrogens is 2. The summed E-state index contributed by atoms with van der Waals surface area (Å²) in [6, 6.07) is 54.2. The van der Waals surface area contributed by atoms with Gasteiger partial charge >= 0.3 is 0 Å². The predicted octanol–water partition coefficient (Wildman–Crippen LogP) is 15.2. The Kier molecular flexibility index (Phi) is 8.13. The van der Waals surface area contributed by atoms with E-state index < -0.39 is 0 Å². The Morgan fingerprint density at radius 1 is 0.606 bits per heavy atom. The third-order valence-corrected chi connectivity index (χ3v) is 15.7. The van der Waals surface area contributed by atoms with Crippen LogP contribution >= 0.6 is 11.3 Å². The fourth-order valence-electron chi connectivity index (χ4n) is 10.9. The fraction of sp³-hybridized carbons (Fsp3) is 0.183. The Balaban J connectivity index is 1.09. The van der Waals surface area contributed by atoms with Crippen LogP contribution in [0.4, 0.5) is 11.4 Å². The Bertz CT molecular complexity index is 3850. The number of nitrogens with zero attached hydrogens (tertiary/aromatic N) is 2. The van der Waals surface area contributed by atoms with Crippen molar-refractivity contribution in [1.29, 1.82) is 0 Å². The van der Waals surface area contributed by atoms with E-state index in [4.69, 9.17) is 9.40 Å². The highest BCUT2D eigenvalue weighted by atomic mass is 32.1. The van der Waals surface area contributed by atoms with Crippen molar-refractivity contribution in [1.82, 2.24) is 9.55 Å². The van der Waals surface area contributed by atoms with E-state index in [1.54, 1.807) is 0 Å². The van der Waals surface area contributed by atoms with E-state index in [0.717, 1.165) is 39.2 Å². The van der Waals surface area contributed by atoms with Gasteiger partial charge in [-0.3, -0.25) is 0 Å². The van der Waals surface area contributed by atoms with Crippen LogP contribution in [0.2, 0.25) is 0 Å². The summed E-state index contributed by atoms with van der Waals surface area (Å²) in [5.74, 6) is 0.628. The largest absolute Gasteiger partial charge is 0.436 e. The summed E-state index contributed by atoms with van der Waals surface area (Å²) >= 11 is 1.89. The first-order valence-corrected chi connectivity index (χ1v) is 24.0. The molecule has 0 unspecified atom stereocenters. The Hall–Kier alpha value is -6.89. The Morgan fingerprint density at radius 3 is 2.11 bits per heavy atom. The van der Waals surface area contributed by atoms with Crippen molar-refractivity contribution in [2.75, 3.05) is 5.32 Å². The van der Waals surface area contributed by atoms with Crippen LogP contribution in [0.3, 0.4) is 0 Å². The Morgan fingerprint density at radius 2 is 1.32 bits per heavy atom. The number of hydrogen-bond acceptors (Lipinski definition) is 4. The summed E-state index contributed by atoms with van der Waals surface area (Å²) in [6.45, 7) is 18.4. The standard InChI is InChI=1S/C60H49BN3OS/c1-58(2,3)34-18-21-36(22-19-34)62-48-31-54-44(38-23-20-35(59(4,5)6)26-53(38)66-54)28-42(48)39-24-25-40-43-27-41-37-16-12-13-17-45(37)60(7,8)46(41)29-50(43)64-51-32-52-49(30-47(51)61-55(39)56(40)64)63-57(65-52)33-14-10-9-11-15-33/h9-32,62H,1-8H3. The van der Waals surface area contributed by atoms with E-state index >= 15 is 0 Å². The smallest absolute Gasteiger partial charge is 0.227 e. The van der Waals surface area contributed by atoms with E-state index in [1.807, 2.05) is 29.5 Å². The van der Waals surface area contributed by atoms with Gasteiger partial charge in [-0.05, 0) is 116 Å². The molecule has 1 radical (unpaired) electrons. The third kappa shape index (κ3) is 5.80. The predicted molar refractivity (Wildman–Crippen MR) is 282 cm³/mol. The molecule has 0 saturated heterocycles. The lowest BCUT2D eigenvalue weighted by molar-refractivity contribution is 0.590. The lowest BCUT2D eigenvalue weighted by atomic mass is 9.59. The Labute approximate surface area is 390 Å². The van der Waals surface area contributed by atoms with Gasteiger partial charge in [0.1, 0.15) is 5.52 Å². The first kappa shape index (κ1) is 39.5. The number of oxazole rings is 1. The first-order chi connectivity index (χ1) is 31.7. The van der Waals surface area contributed by atoms with E-state index in [0.29, 0.717) is 5.89 Å². The number of hydrogen-bond donors (Lipinski definition) is 1. The van der Waals surface area contributed by atoms with Crippen molar-refractivity contribution in [2.24, 2.45) is 0 Å². The summed E-state index contributed by atoms with van der Waals surface area (Å²) in [5.41, 5.74) is 20.9. The monoisotopic (exact) mass is 870 g/mol. The maximum Gasteiger partial charge on any atom is 0.227 e. The van der Waals surface area contributed by atoms with Crippen molar-refractivity contribution in [3.63, 3.8) is 0 Å². The molecule has 4 nitrogen and oxygen atoms in total. The molecule has 3 aromatic heterocycles. The molecule has 0 amide bonds. The lowest BCUT2D eigenvalue weighted by Gasteiger charge is -2.24. The normalized spacial score (nSPS) is 14.0. The molecule has 1 aliphatic heterocycles. The van der Waals surface area contributed by atoms with Crippen molar-refractivity contribution in [2.45, 2.75) is 71.6 Å². The molecule has 6 heteroatoms. The van der Waals surface area contributed by atoms with Crippen LogP contribution in [0, 0.1) is 0 Å². The van der Waals surface area contributed by atoms with E-state index in [-0.39, 0.29) is 16.2 Å². The zero-order chi connectivity index (χ0) is 45.0. The highest BCUT2D eigenvalue weighted by molar-refractivity contribution is 7.25. The van der Waals surface area contributed by atoms with E-state index in [9.17, 15) is 0 Å². The van der Waals surface area contributed by atoms with Crippen molar-refractivity contribution in [3.05, 3.63) is 168 Å². The highest BCUT2D eigenvalue weighted by Gasteiger charge is 2.37. The van der Waals surface area contributed by atoms with Gasteiger partial charge in [0.15, 0.2) is 12.9 Å². The average molecular weight is 871 g/mol. The minimum absolute atomic E-state index is 0.0596. The summed E-state index contributed by atoms with van der Waals surface area (Å²) in [5, 5.41) is 9.01. The average Bonchev–Trinajstić information content (AvgIpc) is 4.03. The molecule has 11 aromatic rings. The van der Waals surface area contributed by atoms with E-state index in [1.165, 1.54) is 91.9 Å². The second-order valence-electron chi connectivity index (χ2n) is 21.2. The zero-order valence-corrected chi connectivity index (χ0v) is 39.5. The zero-order valence-electron chi connectivity index (χ0n) is 38.6. The van der Waals surface area contributed by atoms with Gasteiger partial charge in [0.25, 0.3) is 0 Å². The fourth-order valence-corrected chi connectivity index (χ4v) is 12.1.